The van der Waals surface area contributed by atoms with Crippen LogP contribution in [0, 0.1) is 23.4 Å². The maximum atomic E-state index is 13.2. The van der Waals surface area contributed by atoms with Gasteiger partial charge in [-0.1, -0.05) is 26.0 Å². The van der Waals surface area contributed by atoms with Gasteiger partial charge in [-0.15, -0.1) is 0 Å². The third kappa shape index (κ3) is 3.67. The molecule has 2 nitrogen and oxygen atoms in total. The fraction of sp³-hybridized carbons (Fsp3) is 0.235. The zero-order chi connectivity index (χ0) is 16.3. The molecule has 2 aromatic rings. The molecule has 2 rings (SSSR count). The molecule has 0 saturated heterocycles. The summed E-state index contributed by atoms with van der Waals surface area (Å²) in [7, 11) is 0. The van der Waals surface area contributed by atoms with E-state index in [4.69, 9.17) is 0 Å². The summed E-state index contributed by atoms with van der Waals surface area (Å²) in [6.07, 6.45) is 0. The summed E-state index contributed by atoms with van der Waals surface area (Å²) in [4.78, 5) is 12.2. The molecule has 2 aromatic carbocycles. The third-order valence-electron chi connectivity index (χ3n) is 3.36. The van der Waals surface area contributed by atoms with Crippen LogP contribution in [0.3, 0.4) is 0 Å². The van der Waals surface area contributed by atoms with E-state index in [-0.39, 0.29) is 23.3 Å². The molecule has 0 fully saturated rings. The minimum Gasteiger partial charge on any atom is -0.345 e. The molecule has 0 heterocycles. The molecule has 0 spiro atoms. The Morgan fingerprint density at radius 1 is 0.955 bits per heavy atom. The normalized spacial score (nSPS) is 12.3. The second-order valence-electron chi connectivity index (χ2n) is 5.38. The van der Waals surface area contributed by atoms with E-state index in [2.05, 4.69) is 5.32 Å². The Bertz CT molecular complexity index is 668. The first-order valence-corrected chi connectivity index (χ1v) is 6.90. The molecule has 0 radical (unpaired) electrons. The lowest BCUT2D eigenvalue weighted by atomic mass is 9.95. The van der Waals surface area contributed by atoms with Crippen molar-refractivity contribution in [2.75, 3.05) is 0 Å². The highest BCUT2D eigenvalue weighted by Gasteiger charge is 2.20. The molecule has 1 atom stereocenters. The SMILES string of the molecule is CC(C)C(NC(=O)c1ccc(F)c(F)c1)c1ccc(F)cc1. The van der Waals surface area contributed by atoms with Gasteiger partial charge in [-0.2, -0.15) is 0 Å². The predicted octanol–water partition coefficient (Wildman–Crippen LogP) is 4.23. The number of rotatable bonds is 4. The smallest absolute Gasteiger partial charge is 0.251 e. The maximum Gasteiger partial charge on any atom is 0.251 e. The Kier molecular flexibility index (Phi) is 4.85. The molecule has 22 heavy (non-hydrogen) atoms. The Labute approximate surface area is 127 Å². The molecular formula is C17H16F3NO. The summed E-state index contributed by atoms with van der Waals surface area (Å²) in [6.45, 7) is 3.80. The molecule has 1 N–H and O–H groups in total. The van der Waals surface area contributed by atoms with Crippen LogP contribution in [0.2, 0.25) is 0 Å². The minimum atomic E-state index is -1.07. The van der Waals surface area contributed by atoms with Crippen molar-refractivity contribution in [2.24, 2.45) is 5.92 Å². The standard InChI is InChI=1S/C17H16F3NO/c1-10(2)16(11-3-6-13(18)7-4-11)21-17(22)12-5-8-14(19)15(20)9-12/h3-10,16H,1-2H3,(H,21,22). The molecule has 1 unspecified atom stereocenters. The van der Waals surface area contributed by atoms with Gasteiger partial charge in [-0.25, -0.2) is 13.2 Å². The lowest BCUT2D eigenvalue weighted by Gasteiger charge is -2.23. The molecule has 5 heteroatoms. The lowest BCUT2D eigenvalue weighted by Crippen LogP contribution is -2.31. The van der Waals surface area contributed by atoms with E-state index < -0.39 is 17.5 Å². The molecule has 116 valence electrons. The summed E-state index contributed by atoms with van der Waals surface area (Å²) >= 11 is 0. The van der Waals surface area contributed by atoms with E-state index in [9.17, 15) is 18.0 Å². The van der Waals surface area contributed by atoms with Gasteiger partial charge in [-0.3, -0.25) is 4.79 Å². The van der Waals surface area contributed by atoms with Gasteiger partial charge < -0.3 is 5.32 Å². The van der Waals surface area contributed by atoms with Crippen molar-refractivity contribution >= 4 is 5.91 Å². The van der Waals surface area contributed by atoms with Crippen molar-refractivity contribution in [1.82, 2.24) is 5.32 Å². The summed E-state index contributed by atoms with van der Waals surface area (Å²) in [5.74, 6) is -2.91. The number of hydrogen-bond acceptors (Lipinski definition) is 1. The summed E-state index contributed by atoms with van der Waals surface area (Å²) < 4.78 is 39.1. The van der Waals surface area contributed by atoms with Gasteiger partial charge >= 0.3 is 0 Å². The second-order valence-corrected chi connectivity index (χ2v) is 5.38. The average molecular weight is 307 g/mol. The van der Waals surface area contributed by atoms with E-state index in [0.29, 0.717) is 0 Å². The van der Waals surface area contributed by atoms with Crippen molar-refractivity contribution in [2.45, 2.75) is 19.9 Å². The molecule has 0 aliphatic rings. The van der Waals surface area contributed by atoms with Crippen molar-refractivity contribution < 1.29 is 18.0 Å². The Morgan fingerprint density at radius 3 is 2.14 bits per heavy atom. The number of amides is 1. The quantitative estimate of drug-likeness (QED) is 0.900. The topological polar surface area (TPSA) is 29.1 Å². The number of hydrogen-bond donors (Lipinski definition) is 1. The van der Waals surface area contributed by atoms with Gasteiger partial charge in [0.1, 0.15) is 5.82 Å². The van der Waals surface area contributed by atoms with Crippen molar-refractivity contribution in [1.29, 1.82) is 0 Å². The summed E-state index contributed by atoms with van der Waals surface area (Å²) in [5, 5.41) is 2.76. The Morgan fingerprint density at radius 2 is 1.59 bits per heavy atom. The molecule has 0 aromatic heterocycles. The van der Waals surface area contributed by atoms with E-state index >= 15 is 0 Å². The van der Waals surface area contributed by atoms with Gasteiger partial charge in [0.15, 0.2) is 11.6 Å². The molecule has 0 aliphatic carbocycles. The maximum absolute atomic E-state index is 13.2. The van der Waals surface area contributed by atoms with Crippen LogP contribution in [0.25, 0.3) is 0 Å². The van der Waals surface area contributed by atoms with E-state index in [1.165, 1.54) is 18.2 Å². The summed E-state index contributed by atoms with van der Waals surface area (Å²) in [5.41, 5.74) is 0.777. The van der Waals surface area contributed by atoms with Crippen LogP contribution in [-0.4, -0.2) is 5.91 Å². The van der Waals surface area contributed by atoms with Crippen LogP contribution in [0.15, 0.2) is 42.5 Å². The van der Waals surface area contributed by atoms with Gasteiger partial charge in [-0.05, 0) is 41.8 Å². The van der Waals surface area contributed by atoms with Crippen LogP contribution >= 0.6 is 0 Å². The van der Waals surface area contributed by atoms with Crippen LogP contribution in [0.1, 0.15) is 35.8 Å². The molecule has 0 aliphatic heterocycles. The number of halogens is 3. The molecule has 0 bridgehead atoms. The second kappa shape index (κ2) is 6.64. The number of carbonyl (C=O) groups excluding carboxylic acids is 1. The number of benzene rings is 2. The molecule has 1 amide bonds. The van der Waals surface area contributed by atoms with Crippen LogP contribution in [-0.2, 0) is 0 Å². The highest BCUT2D eigenvalue weighted by molar-refractivity contribution is 5.94. The third-order valence-corrected chi connectivity index (χ3v) is 3.36. The largest absolute Gasteiger partial charge is 0.345 e. The zero-order valence-electron chi connectivity index (χ0n) is 12.2. The van der Waals surface area contributed by atoms with E-state index in [1.54, 1.807) is 12.1 Å². The van der Waals surface area contributed by atoms with Crippen molar-refractivity contribution in [3.63, 3.8) is 0 Å². The number of nitrogens with one attached hydrogen (secondary N) is 1. The Balaban J connectivity index is 2.22. The van der Waals surface area contributed by atoms with Crippen LogP contribution in [0.4, 0.5) is 13.2 Å². The van der Waals surface area contributed by atoms with E-state index in [0.717, 1.165) is 17.7 Å². The van der Waals surface area contributed by atoms with Crippen molar-refractivity contribution in [3.05, 3.63) is 71.0 Å². The first kappa shape index (κ1) is 16.1. The van der Waals surface area contributed by atoms with Crippen LogP contribution < -0.4 is 5.32 Å². The minimum absolute atomic E-state index is 0.0339. The monoisotopic (exact) mass is 307 g/mol. The van der Waals surface area contributed by atoms with Gasteiger partial charge in [0.25, 0.3) is 5.91 Å². The van der Waals surface area contributed by atoms with Gasteiger partial charge in [0.2, 0.25) is 0 Å². The fourth-order valence-electron chi connectivity index (χ4n) is 2.17. The fourth-order valence-corrected chi connectivity index (χ4v) is 2.17. The highest BCUT2D eigenvalue weighted by Crippen LogP contribution is 2.22. The predicted molar refractivity (Wildman–Crippen MR) is 77.8 cm³/mol. The van der Waals surface area contributed by atoms with E-state index in [1.807, 2.05) is 13.8 Å². The Hall–Kier alpha value is -2.30. The first-order chi connectivity index (χ1) is 10.4. The van der Waals surface area contributed by atoms with Crippen LogP contribution in [0.5, 0.6) is 0 Å². The first-order valence-electron chi connectivity index (χ1n) is 6.90. The zero-order valence-corrected chi connectivity index (χ0v) is 12.2. The molecular weight excluding hydrogens is 291 g/mol. The average Bonchev–Trinajstić information content (AvgIpc) is 2.48. The summed E-state index contributed by atoms with van der Waals surface area (Å²) in [6, 6.07) is 8.43. The lowest BCUT2D eigenvalue weighted by molar-refractivity contribution is 0.0925. The molecule has 0 saturated carbocycles. The van der Waals surface area contributed by atoms with Gasteiger partial charge in [0, 0.05) is 5.56 Å². The number of carbonyl (C=O) groups is 1. The van der Waals surface area contributed by atoms with Gasteiger partial charge in [0.05, 0.1) is 6.04 Å². The van der Waals surface area contributed by atoms with Crippen molar-refractivity contribution in [3.8, 4) is 0 Å². The highest BCUT2D eigenvalue weighted by atomic mass is 19.2.